The van der Waals surface area contributed by atoms with Crippen LogP contribution in [-0.2, 0) is 19.1 Å². The Labute approximate surface area is 174 Å². The van der Waals surface area contributed by atoms with Gasteiger partial charge in [0.05, 0.1) is 6.61 Å². The molecule has 0 aliphatic heterocycles. The van der Waals surface area contributed by atoms with Gasteiger partial charge in [-0.15, -0.1) is 0 Å². The summed E-state index contributed by atoms with van der Waals surface area (Å²) in [5.74, 6) is 2.70. The monoisotopic (exact) mass is 411 g/mol. The van der Waals surface area contributed by atoms with Crippen LogP contribution in [0.4, 0.5) is 0 Å². The van der Waals surface area contributed by atoms with Gasteiger partial charge in [-0.3, -0.25) is 14.9 Å². The van der Waals surface area contributed by atoms with Crippen LogP contribution >= 0.6 is 11.8 Å². The van der Waals surface area contributed by atoms with E-state index in [4.69, 9.17) is 9.47 Å². The predicted octanol–water partition coefficient (Wildman–Crippen LogP) is 3.94. The fourth-order valence-electron chi connectivity index (χ4n) is 5.66. The van der Waals surface area contributed by atoms with Crippen LogP contribution in [0, 0.1) is 17.8 Å². The molecule has 5 nitrogen and oxygen atoms in total. The Morgan fingerprint density at radius 1 is 1.07 bits per heavy atom. The van der Waals surface area contributed by atoms with Gasteiger partial charge in [0.2, 0.25) is 0 Å². The quantitative estimate of drug-likeness (QED) is 0.610. The van der Waals surface area contributed by atoms with Gasteiger partial charge < -0.3 is 9.47 Å². The van der Waals surface area contributed by atoms with E-state index in [-0.39, 0.29) is 11.9 Å². The van der Waals surface area contributed by atoms with E-state index < -0.39 is 17.7 Å². The molecular formula is C22H37NO4S. The fourth-order valence-corrected chi connectivity index (χ4v) is 7.47. The lowest BCUT2D eigenvalue weighted by molar-refractivity contribution is -0.157. The second-order valence-electron chi connectivity index (χ2n) is 10.1. The van der Waals surface area contributed by atoms with Crippen molar-refractivity contribution >= 4 is 23.7 Å². The van der Waals surface area contributed by atoms with Gasteiger partial charge in [0, 0.05) is 10.5 Å². The molecule has 4 bridgehead atoms. The molecule has 4 aliphatic carbocycles. The number of hydrogen-bond donors (Lipinski definition) is 1. The minimum absolute atomic E-state index is 0.268. The van der Waals surface area contributed by atoms with Crippen LogP contribution in [0.2, 0.25) is 0 Å². The topological polar surface area (TPSA) is 64.6 Å². The van der Waals surface area contributed by atoms with Gasteiger partial charge in [-0.25, -0.2) is 0 Å². The molecule has 0 spiro atoms. The SMILES string of the molecule is CCOC(=O)C(CSC12CC3CC(CC(C3)C1)C2)N[C@@H](C)C(=O)OC(C)(C)C. The maximum Gasteiger partial charge on any atom is 0.324 e. The number of nitrogens with one attached hydrogen (secondary N) is 1. The smallest absolute Gasteiger partial charge is 0.324 e. The number of ether oxygens (including phenoxy) is 2. The van der Waals surface area contributed by atoms with Gasteiger partial charge in [-0.2, -0.15) is 11.8 Å². The van der Waals surface area contributed by atoms with Crippen LogP contribution in [-0.4, -0.2) is 46.7 Å². The molecule has 2 atom stereocenters. The fraction of sp³-hybridized carbons (Fsp3) is 0.909. The van der Waals surface area contributed by atoms with Gasteiger partial charge in [0.1, 0.15) is 17.7 Å². The lowest BCUT2D eigenvalue weighted by atomic mass is 9.56. The largest absolute Gasteiger partial charge is 0.465 e. The number of rotatable bonds is 8. The maximum atomic E-state index is 12.6. The van der Waals surface area contributed by atoms with Crippen LogP contribution in [0.25, 0.3) is 0 Å². The summed E-state index contributed by atoms with van der Waals surface area (Å²) in [4.78, 5) is 24.9. The maximum absolute atomic E-state index is 12.6. The van der Waals surface area contributed by atoms with Crippen LogP contribution < -0.4 is 5.32 Å². The standard InChI is InChI=1S/C22H37NO4S/c1-6-26-20(25)18(23-14(2)19(24)27-21(3,4)5)13-28-22-10-15-7-16(11-22)9-17(8-15)12-22/h14-18,23H,6-13H2,1-5H3/t14-,15?,16?,17?,18?,22?/m0/s1. The summed E-state index contributed by atoms with van der Waals surface area (Å²) in [5.41, 5.74) is -0.541. The summed E-state index contributed by atoms with van der Waals surface area (Å²) >= 11 is 1.95. The summed E-state index contributed by atoms with van der Waals surface area (Å²) in [6, 6.07) is -1.04. The highest BCUT2D eigenvalue weighted by molar-refractivity contribution is 8.00. The van der Waals surface area contributed by atoms with Crippen molar-refractivity contribution in [1.82, 2.24) is 5.32 Å². The number of hydrogen-bond acceptors (Lipinski definition) is 6. The van der Waals surface area contributed by atoms with Crippen LogP contribution in [0.1, 0.15) is 73.1 Å². The van der Waals surface area contributed by atoms with E-state index in [1.807, 2.05) is 39.5 Å². The van der Waals surface area contributed by atoms with Crippen molar-refractivity contribution in [2.75, 3.05) is 12.4 Å². The van der Waals surface area contributed by atoms with Gasteiger partial charge >= 0.3 is 11.9 Å². The highest BCUT2D eigenvalue weighted by Gasteiger charge is 2.51. The molecule has 0 radical (unpaired) electrons. The third-order valence-corrected chi connectivity index (χ3v) is 7.93. The van der Waals surface area contributed by atoms with E-state index in [9.17, 15) is 9.59 Å². The summed E-state index contributed by atoms with van der Waals surface area (Å²) < 4.78 is 11.1. The molecule has 160 valence electrons. The highest BCUT2D eigenvalue weighted by Crippen LogP contribution is 2.60. The van der Waals surface area contributed by atoms with Crippen LogP contribution in [0.5, 0.6) is 0 Å². The zero-order valence-electron chi connectivity index (χ0n) is 18.1. The summed E-state index contributed by atoms with van der Waals surface area (Å²) in [6.45, 7) is 9.48. The molecule has 0 aromatic heterocycles. The summed E-state index contributed by atoms with van der Waals surface area (Å²) in [6.07, 6.45) is 8.11. The van der Waals surface area contributed by atoms with Crippen molar-refractivity contribution in [3.8, 4) is 0 Å². The molecule has 6 heteroatoms. The van der Waals surface area contributed by atoms with E-state index in [1.54, 1.807) is 6.92 Å². The molecule has 4 rings (SSSR count). The Morgan fingerprint density at radius 3 is 2.07 bits per heavy atom. The lowest BCUT2D eigenvalue weighted by Crippen LogP contribution is -2.52. The minimum atomic E-state index is -0.550. The Morgan fingerprint density at radius 2 is 1.61 bits per heavy atom. The zero-order chi connectivity index (χ0) is 20.5. The number of carbonyl (C=O) groups excluding carboxylic acids is 2. The third-order valence-electron chi connectivity index (χ3n) is 6.32. The minimum Gasteiger partial charge on any atom is -0.465 e. The summed E-state index contributed by atoms with van der Waals surface area (Å²) in [5, 5.41) is 3.19. The van der Waals surface area contributed by atoms with Crippen molar-refractivity contribution < 1.29 is 19.1 Å². The second-order valence-corrected chi connectivity index (χ2v) is 11.6. The van der Waals surface area contributed by atoms with Crippen molar-refractivity contribution in [1.29, 1.82) is 0 Å². The van der Waals surface area contributed by atoms with Gasteiger partial charge in [-0.1, -0.05) is 0 Å². The van der Waals surface area contributed by atoms with Crippen molar-refractivity contribution in [3.05, 3.63) is 0 Å². The number of thioether (sulfide) groups is 1. The van der Waals surface area contributed by atoms with Gasteiger partial charge in [-0.05, 0) is 90.9 Å². The molecule has 0 aromatic carbocycles. The van der Waals surface area contributed by atoms with Crippen molar-refractivity contribution in [2.45, 2.75) is 95.6 Å². The molecule has 28 heavy (non-hydrogen) atoms. The Balaban J connectivity index is 1.60. The Kier molecular flexibility index (Phi) is 6.70. The van der Waals surface area contributed by atoms with Crippen LogP contribution in [0.15, 0.2) is 0 Å². The van der Waals surface area contributed by atoms with E-state index in [2.05, 4.69) is 5.32 Å². The van der Waals surface area contributed by atoms with E-state index >= 15 is 0 Å². The molecule has 0 saturated heterocycles. The molecule has 0 heterocycles. The van der Waals surface area contributed by atoms with Crippen LogP contribution in [0.3, 0.4) is 0 Å². The highest BCUT2D eigenvalue weighted by atomic mass is 32.2. The van der Waals surface area contributed by atoms with Crippen molar-refractivity contribution in [2.24, 2.45) is 17.8 Å². The van der Waals surface area contributed by atoms with E-state index in [1.165, 1.54) is 38.5 Å². The second kappa shape index (κ2) is 8.55. The third kappa shape index (κ3) is 5.44. The molecule has 4 fully saturated rings. The Bertz CT molecular complexity index is 550. The Hall–Kier alpha value is -0.750. The lowest BCUT2D eigenvalue weighted by Gasteiger charge is -2.56. The van der Waals surface area contributed by atoms with E-state index in [0.29, 0.717) is 17.1 Å². The van der Waals surface area contributed by atoms with Gasteiger partial charge in [0.15, 0.2) is 0 Å². The first-order chi connectivity index (χ1) is 13.1. The molecule has 0 amide bonds. The first-order valence-electron chi connectivity index (χ1n) is 10.9. The van der Waals surface area contributed by atoms with Gasteiger partial charge in [0.25, 0.3) is 0 Å². The normalized spacial score (nSPS) is 33.4. The van der Waals surface area contributed by atoms with E-state index in [0.717, 1.165) is 17.8 Å². The molecule has 4 aliphatic rings. The first-order valence-corrected chi connectivity index (χ1v) is 11.9. The number of carbonyl (C=O) groups is 2. The summed E-state index contributed by atoms with van der Waals surface area (Å²) in [7, 11) is 0. The first kappa shape index (κ1) is 21.9. The average molecular weight is 412 g/mol. The van der Waals surface area contributed by atoms with Crippen molar-refractivity contribution in [3.63, 3.8) is 0 Å². The molecular weight excluding hydrogens is 374 g/mol. The molecule has 0 aromatic rings. The molecule has 1 N–H and O–H groups in total. The predicted molar refractivity (Wildman–Crippen MR) is 112 cm³/mol. The molecule has 1 unspecified atom stereocenters. The average Bonchev–Trinajstić information content (AvgIpc) is 2.55. The zero-order valence-corrected chi connectivity index (χ0v) is 18.9. The number of esters is 2. The molecule has 4 saturated carbocycles.